The molecule has 1 aromatic carbocycles. The molecule has 0 aromatic heterocycles. The van der Waals surface area contributed by atoms with Gasteiger partial charge in [0.05, 0.1) is 18.9 Å². The van der Waals surface area contributed by atoms with Gasteiger partial charge in [0.2, 0.25) is 0 Å². The Morgan fingerprint density at radius 3 is 2.30 bits per heavy atom. The van der Waals surface area contributed by atoms with E-state index in [1.54, 1.807) is 24.3 Å². The van der Waals surface area contributed by atoms with Crippen LogP contribution in [0.1, 0.15) is 0 Å². The lowest BCUT2D eigenvalue weighted by Crippen LogP contribution is -2.40. The molecule has 2 aliphatic rings. The zero-order chi connectivity index (χ0) is 14.1. The predicted octanol–water partition coefficient (Wildman–Crippen LogP) is 0.0623. The van der Waals surface area contributed by atoms with Crippen molar-refractivity contribution in [3.63, 3.8) is 0 Å². The summed E-state index contributed by atoms with van der Waals surface area (Å²) in [5.74, 6) is -0.816. The molecule has 6 nitrogen and oxygen atoms in total. The lowest BCUT2D eigenvalue weighted by molar-refractivity contribution is -0.121. The topological polar surface area (TPSA) is 75.9 Å². The van der Waals surface area contributed by atoms with E-state index >= 15 is 0 Å². The summed E-state index contributed by atoms with van der Waals surface area (Å²) in [5, 5.41) is 0. The van der Waals surface area contributed by atoms with E-state index in [4.69, 9.17) is 10.5 Å². The molecule has 0 bridgehead atoms. The molecular weight excluding hydrogens is 258 g/mol. The highest BCUT2D eigenvalue weighted by atomic mass is 16.5. The van der Waals surface area contributed by atoms with E-state index in [-0.39, 0.29) is 11.6 Å². The number of amides is 2. The molecule has 0 unspecified atom stereocenters. The minimum absolute atomic E-state index is 0.0146. The third kappa shape index (κ3) is 1.94. The number of para-hydroxylation sites is 1. The van der Waals surface area contributed by atoms with Crippen LogP contribution in [0.15, 0.2) is 41.7 Å². The number of morpholine rings is 1. The number of benzene rings is 1. The maximum absolute atomic E-state index is 12.5. The fraction of sp³-hybridized carbons (Fsp3) is 0.286. The summed E-state index contributed by atoms with van der Waals surface area (Å²) in [4.78, 5) is 27.7. The van der Waals surface area contributed by atoms with Crippen molar-refractivity contribution in [1.29, 1.82) is 0 Å². The van der Waals surface area contributed by atoms with Crippen LogP contribution >= 0.6 is 0 Å². The maximum Gasteiger partial charge on any atom is 0.284 e. The first-order chi connectivity index (χ1) is 9.70. The molecule has 2 heterocycles. The Kier molecular flexibility index (Phi) is 3.15. The molecule has 20 heavy (non-hydrogen) atoms. The number of hydrogen-bond donors (Lipinski definition) is 1. The standard InChI is InChI=1S/C14H15N3O3/c15-11-12(16-6-8-20-9-7-16)14(19)17(13(11)18)10-4-2-1-3-5-10/h1-5H,6-9,15H2. The summed E-state index contributed by atoms with van der Waals surface area (Å²) in [5.41, 5.74) is 6.70. The second kappa shape index (κ2) is 4.97. The van der Waals surface area contributed by atoms with Crippen LogP contribution in [0.25, 0.3) is 0 Å². The molecular formula is C14H15N3O3. The molecule has 0 radical (unpaired) electrons. The molecule has 1 fully saturated rings. The van der Waals surface area contributed by atoms with Gasteiger partial charge in [-0.3, -0.25) is 9.59 Å². The molecule has 0 saturated carbocycles. The van der Waals surface area contributed by atoms with Crippen molar-refractivity contribution in [3.05, 3.63) is 41.7 Å². The molecule has 1 aromatic rings. The summed E-state index contributed by atoms with van der Waals surface area (Å²) in [7, 11) is 0. The van der Waals surface area contributed by atoms with Crippen molar-refractivity contribution in [2.75, 3.05) is 31.2 Å². The van der Waals surface area contributed by atoms with Crippen LogP contribution in [0.4, 0.5) is 5.69 Å². The van der Waals surface area contributed by atoms with Crippen molar-refractivity contribution in [2.24, 2.45) is 5.73 Å². The molecule has 2 aliphatic heterocycles. The van der Waals surface area contributed by atoms with Gasteiger partial charge in [-0.25, -0.2) is 4.90 Å². The van der Waals surface area contributed by atoms with E-state index in [0.29, 0.717) is 37.7 Å². The number of hydrogen-bond acceptors (Lipinski definition) is 5. The van der Waals surface area contributed by atoms with Crippen LogP contribution in [-0.4, -0.2) is 43.0 Å². The van der Waals surface area contributed by atoms with Crippen molar-refractivity contribution < 1.29 is 14.3 Å². The Balaban J connectivity index is 1.93. The third-order valence-corrected chi connectivity index (χ3v) is 3.44. The second-order valence-electron chi connectivity index (χ2n) is 4.64. The fourth-order valence-corrected chi connectivity index (χ4v) is 2.44. The Bertz CT molecular complexity index is 577. The van der Waals surface area contributed by atoms with E-state index < -0.39 is 5.91 Å². The summed E-state index contributed by atoms with van der Waals surface area (Å²) >= 11 is 0. The zero-order valence-electron chi connectivity index (χ0n) is 10.9. The molecule has 2 amide bonds. The van der Waals surface area contributed by atoms with Crippen LogP contribution in [0, 0.1) is 0 Å². The van der Waals surface area contributed by atoms with Crippen molar-refractivity contribution in [2.45, 2.75) is 0 Å². The molecule has 0 aliphatic carbocycles. The van der Waals surface area contributed by atoms with Crippen LogP contribution in [0.2, 0.25) is 0 Å². The number of nitrogens with zero attached hydrogens (tertiary/aromatic N) is 2. The predicted molar refractivity (Wildman–Crippen MR) is 72.5 cm³/mol. The molecule has 3 rings (SSSR count). The molecule has 0 atom stereocenters. The summed E-state index contributed by atoms with van der Waals surface area (Å²) in [6, 6.07) is 8.81. The number of nitrogens with two attached hydrogens (primary N) is 1. The highest BCUT2D eigenvalue weighted by Gasteiger charge is 2.40. The minimum Gasteiger partial charge on any atom is -0.392 e. The number of carbonyl (C=O) groups excluding carboxylic acids is 2. The first kappa shape index (κ1) is 12.7. The summed E-state index contributed by atoms with van der Waals surface area (Å²) in [6.45, 7) is 2.20. The second-order valence-corrected chi connectivity index (χ2v) is 4.64. The Morgan fingerprint density at radius 2 is 1.65 bits per heavy atom. The maximum atomic E-state index is 12.5. The largest absolute Gasteiger partial charge is 0.392 e. The first-order valence-electron chi connectivity index (χ1n) is 6.46. The molecule has 6 heteroatoms. The van der Waals surface area contributed by atoms with E-state index in [1.165, 1.54) is 0 Å². The number of ether oxygens (including phenoxy) is 1. The minimum atomic E-state index is -0.456. The number of carbonyl (C=O) groups is 2. The lowest BCUT2D eigenvalue weighted by atomic mass is 10.3. The van der Waals surface area contributed by atoms with Gasteiger partial charge in [-0.2, -0.15) is 0 Å². The number of imide groups is 1. The number of anilines is 1. The highest BCUT2D eigenvalue weighted by molar-refractivity contribution is 6.32. The third-order valence-electron chi connectivity index (χ3n) is 3.44. The van der Waals surface area contributed by atoms with Gasteiger partial charge in [-0.1, -0.05) is 18.2 Å². The summed E-state index contributed by atoms with van der Waals surface area (Å²) in [6.07, 6.45) is 0. The van der Waals surface area contributed by atoms with Crippen LogP contribution in [0.5, 0.6) is 0 Å². The Morgan fingerprint density at radius 1 is 1.00 bits per heavy atom. The van der Waals surface area contributed by atoms with E-state index in [0.717, 1.165) is 4.90 Å². The van der Waals surface area contributed by atoms with Crippen molar-refractivity contribution >= 4 is 17.5 Å². The van der Waals surface area contributed by atoms with E-state index in [9.17, 15) is 9.59 Å². The van der Waals surface area contributed by atoms with Gasteiger partial charge in [0.15, 0.2) is 0 Å². The smallest absolute Gasteiger partial charge is 0.284 e. The van der Waals surface area contributed by atoms with Crippen LogP contribution in [0.3, 0.4) is 0 Å². The van der Waals surface area contributed by atoms with Gasteiger partial charge < -0.3 is 15.4 Å². The zero-order valence-corrected chi connectivity index (χ0v) is 10.9. The van der Waals surface area contributed by atoms with Crippen LogP contribution < -0.4 is 10.6 Å². The van der Waals surface area contributed by atoms with E-state index in [2.05, 4.69) is 0 Å². The SMILES string of the molecule is NC1=C(N2CCOCC2)C(=O)N(c2ccccc2)C1=O. The lowest BCUT2D eigenvalue weighted by Gasteiger charge is -2.29. The van der Waals surface area contributed by atoms with Crippen molar-refractivity contribution in [3.8, 4) is 0 Å². The average Bonchev–Trinajstić information content (AvgIpc) is 2.71. The Labute approximate surface area is 116 Å². The van der Waals surface area contributed by atoms with Crippen LogP contribution in [-0.2, 0) is 14.3 Å². The molecule has 1 saturated heterocycles. The van der Waals surface area contributed by atoms with Gasteiger partial charge in [0, 0.05) is 13.1 Å². The first-order valence-corrected chi connectivity index (χ1v) is 6.46. The van der Waals surface area contributed by atoms with Gasteiger partial charge in [-0.15, -0.1) is 0 Å². The monoisotopic (exact) mass is 273 g/mol. The normalized spacial score (nSPS) is 20.0. The van der Waals surface area contributed by atoms with Gasteiger partial charge in [-0.05, 0) is 12.1 Å². The van der Waals surface area contributed by atoms with Crippen molar-refractivity contribution in [1.82, 2.24) is 4.90 Å². The molecule has 0 spiro atoms. The van der Waals surface area contributed by atoms with E-state index in [1.807, 2.05) is 11.0 Å². The van der Waals surface area contributed by atoms with Gasteiger partial charge >= 0.3 is 0 Å². The van der Waals surface area contributed by atoms with Gasteiger partial charge in [0.25, 0.3) is 11.8 Å². The summed E-state index contributed by atoms with van der Waals surface area (Å²) < 4.78 is 5.25. The van der Waals surface area contributed by atoms with Gasteiger partial charge in [0.1, 0.15) is 11.4 Å². The quantitative estimate of drug-likeness (QED) is 0.771. The molecule has 104 valence electrons. The highest BCUT2D eigenvalue weighted by Crippen LogP contribution is 2.27. The fourth-order valence-electron chi connectivity index (χ4n) is 2.44. The average molecular weight is 273 g/mol. The number of rotatable bonds is 2. The molecule has 2 N–H and O–H groups in total. The Hall–Kier alpha value is -2.34.